The summed E-state index contributed by atoms with van der Waals surface area (Å²) in [5, 5.41) is 2.22. The average molecular weight is 573 g/mol. The molecule has 2 aromatic carbocycles. The fourth-order valence-corrected chi connectivity index (χ4v) is 5.55. The lowest BCUT2D eigenvalue weighted by Crippen LogP contribution is -2.46. The van der Waals surface area contributed by atoms with Crippen molar-refractivity contribution >= 4 is 45.8 Å². The largest absolute Gasteiger partial charge is 0.494 e. The Balaban J connectivity index is 1.18. The van der Waals surface area contributed by atoms with Crippen molar-refractivity contribution in [1.82, 2.24) is 9.88 Å². The Kier molecular flexibility index (Phi) is 10.7. The van der Waals surface area contributed by atoms with Gasteiger partial charge in [0.05, 0.1) is 27.9 Å². The minimum atomic E-state index is -0.239. The van der Waals surface area contributed by atoms with Crippen LogP contribution < -0.4 is 14.4 Å². The Morgan fingerprint density at radius 3 is 2.54 bits per heavy atom. The molecule has 0 N–H and O–H groups in total. The molecule has 4 rings (SSSR count). The van der Waals surface area contributed by atoms with Gasteiger partial charge in [0.15, 0.2) is 0 Å². The Morgan fingerprint density at radius 2 is 1.77 bits per heavy atom. The number of piperazine rings is 1. The van der Waals surface area contributed by atoms with Gasteiger partial charge in [-0.25, -0.2) is 4.98 Å². The first-order chi connectivity index (χ1) is 18.8. The normalized spacial score (nSPS) is 15.1. The van der Waals surface area contributed by atoms with E-state index in [0.717, 1.165) is 74.3 Å². The fraction of sp³-hybridized carbons (Fsp3) is 0.484. The first-order valence-corrected chi connectivity index (χ1v) is 14.7. The van der Waals surface area contributed by atoms with E-state index >= 15 is 0 Å². The second-order valence-electron chi connectivity index (χ2n) is 10.9. The maximum atomic E-state index is 12.3. The number of benzene rings is 2. The van der Waals surface area contributed by atoms with Gasteiger partial charge >= 0.3 is 5.97 Å². The number of carbonyl (C=O) groups excluding carboxylic acids is 1. The summed E-state index contributed by atoms with van der Waals surface area (Å²) >= 11 is 12.6. The first-order valence-electron chi connectivity index (χ1n) is 13.9. The molecule has 6 nitrogen and oxygen atoms in total. The summed E-state index contributed by atoms with van der Waals surface area (Å²) in [6, 6.07) is 15.3. The van der Waals surface area contributed by atoms with Gasteiger partial charge in [0, 0.05) is 50.1 Å². The Bertz CT molecular complexity index is 1240. The standard InChI is InChI=1S/C31H39Cl2N3O3/c1-22(2)19-23(3)20-30(37)39-29-12-10-24-9-11-25(21-27(24)34-29)38-18-5-4-13-35-14-16-36(17-15-35)28-8-6-7-26(32)31(28)33/h6-12,21-23H,4-5,13-20H2,1-3H3. The number of aromatic nitrogens is 1. The minimum Gasteiger partial charge on any atom is -0.494 e. The van der Waals surface area contributed by atoms with Crippen LogP contribution in [-0.2, 0) is 4.79 Å². The molecule has 0 saturated carbocycles. The number of anilines is 1. The molecule has 0 amide bonds. The summed E-state index contributed by atoms with van der Waals surface area (Å²) in [4.78, 5) is 21.7. The quantitative estimate of drug-likeness (QED) is 0.166. The van der Waals surface area contributed by atoms with E-state index in [0.29, 0.717) is 34.9 Å². The molecule has 2 heterocycles. The van der Waals surface area contributed by atoms with Crippen molar-refractivity contribution < 1.29 is 14.3 Å². The van der Waals surface area contributed by atoms with Crippen LogP contribution in [0.25, 0.3) is 10.9 Å². The fourth-order valence-electron chi connectivity index (χ4n) is 5.13. The molecule has 1 aliphatic heterocycles. The van der Waals surface area contributed by atoms with E-state index in [1.54, 1.807) is 6.07 Å². The highest BCUT2D eigenvalue weighted by Gasteiger charge is 2.19. The number of rotatable bonds is 12. The predicted molar refractivity (Wildman–Crippen MR) is 160 cm³/mol. The summed E-state index contributed by atoms with van der Waals surface area (Å²) in [7, 11) is 0. The molecule has 1 saturated heterocycles. The van der Waals surface area contributed by atoms with Crippen molar-refractivity contribution in [1.29, 1.82) is 0 Å². The van der Waals surface area contributed by atoms with E-state index in [1.807, 2.05) is 42.5 Å². The van der Waals surface area contributed by atoms with E-state index in [9.17, 15) is 4.79 Å². The SMILES string of the molecule is CC(C)CC(C)CC(=O)Oc1ccc2ccc(OCCCCN3CCN(c4cccc(Cl)c4Cl)CC3)cc2n1. The number of nitrogens with zero attached hydrogens (tertiary/aromatic N) is 3. The highest BCUT2D eigenvalue weighted by molar-refractivity contribution is 6.43. The van der Waals surface area contributed by atoms with E-state index in [1.165, 1.54) is 0 Å². The zero-order valence-electron chi connectivity index (χ0n) is 23.2. The van der Waals surface area contributed by atoms with Crippen LogP contribution in [0.3, 0.4) is 0 Å². The molecular formula is C31H39Cl2N3O3. The summed E-state index contributed by atoms with van der Waals surface area (Å²) in [5.41, 5.74) is 1.77. The number of hydrogen-bond acceptors (Lipinski definition) is 6. The number of fused-ring (bicyclic) bond motifs is 1. The second-order valence-corrected chi connectivity index (χ2v) is 11.7. The van der Waals surface area contributed by atoms with E-state index in [-0.39, 0.29) is 11.9 Å². The molecule has 39 heavy (non-hydrogen) atoms. The van der Waals surface area contributed by atoms with Gasteiger partial charge in [-0.2, -0.15) is 0 Å². The molecule has 8 heteroatoms. The van der Waals surface area contributed by atoms with Gasteiger partial charge in [0.1, 0.15) is 5.75 Å². The zero-order valence-corrected chi connectivity index (χ0v) is 24.7. The van der Waals surface area contributed by atoms with E-state index in [4.69, 9.17) is 32.7 Å². The third kappa shape index (κ3) is 8.72. The molecule has 0 bridgehead atoms. The van der Waals surface area contributed by atoms with Crippen LogP contribution in [0.2, 0.25) is 10.0 Å². The minimum absolute atomic E-state index is 0.239. The molecule has 3 aromatic rings. The smallest absolute Gasteiger partial charge is 0.312 e. The Morgan fingerprint density at radius 1 is 1.00 bits per heavy atom. The molecule has 1 aromatic heterocycles. The van der Waals surface area contributed by atoms with Gasteiger partial charge in [0.25, 0.3) is 0 Å². The molecule has 210 valence electrons. The number of esters is 1. The third-order valence-electron chi connectivity index (χ3n) is 7.03. The van der Waals surface area contributed by atoms with Crippen molar-refractivity contribution in [2.24, 2.45) is 11.8 Å². The number of halogens is 2. The lowest BCUT2D eigenvalue weighted by Gasteiger charge is -2.36. The highest BCUT2D eigenvalue weighted by atomic mass is 35.5. The number of hydrogen-bond donors (Lipinski definition) is 0. The van der Waals surface area contributed by atoms with Crippen LogP contribution in [0.1, 0.15) is 46.5 Å². The van der Waals surface area contributed by atoms with Crippen LogP contribution in [0.5, 0.6) is 11.6 Å². The van der Waals surface area contributed by atoms with Crippen LogP contribution in [0.15, 0.2) is 48.5 Å². The summed E-state index contributed by atoms with van der Waals surface area (Å²) in [6.07, 6.45) is 3.43. The van der Waals surface area contributed by atoms with Crippen LogP contribution >= 0.6 is 23.2 Å². The summed E-state index contributed by atoms with van der Waals surface area (Å²) < 4.78 is 11.5. The number of pyridine rings is 1. The first kappa shape index (κ1) is 29.4. The number of unbranched alkanes of at least 4 members (excludes halogenated alkanes) is 1. The molecule has 0 radical (unpaired) electrons. The molecule has 1 fully saturated rings. The Labute approximate surface area is 242 Å². The van der Waals surface area contributed by atoms with E-state index < -0.39 is 0 Å². The van der Waals surface area contributed by atoms with E-state index in [2.05, 4.69) is 35.6 Å². The van der Waals surface area contributed by atoms with Gasteiger partial charge in [-0.1, -0.05) is 50.0 Å². The lowest BCUT2D eigenvalue weighted by molar-refractivity contribution is -0.135. The third-order valence-corrected chi connectivity index (χ3v) is 7.84. The maximum absolute atomic E-state index is 12.3. The summed E-state index contributed by atoms with van der Waals surface area (Å²) in [5.74, 6) is 1.71. The molecule has 0 spiro atoms. The van der Waals surface area contributed by atoms with Crippen molar-refractivity contribution in [3.63, 3.8) is 0 Å². The van der Waals surface area contributed by atoms with Crippen LogP contribution in [0.4, 0.5) is 5.69 Å². The molecule has 1 unspecified atom stereocenters. The second kappa shape index (κ2) is 14.2. The topological polar surface area (TPSA) is 54.9 Å². The molecular weight excluding hydrogens is 533 g/mol. The Hall–Kier alpha value is -2.54. The summed E-state index contributed by atoms with van der Waals surface area (Å²) in [6.45, 7) is 12.0. The van der Waals surface area contributed by atoms with Gasteiger partial charge in [-0.3, -0.25) is 9.69 Å². The molecule has 0 aliphatic carbocycles. The van der Waals surface area contributed by atoms with Gasteiger partial charge in [-0.15, -0.1) is 0 Å². The highest BCUT2D eigenvalue weighted by Crippen LogP contribution is 2.33. The van der Waals surface area contributed by atoms with Gasteiger partial charge in [-0.05, 0) is 68.0 Å². The van der Waals surface area contributed by atoms with Gasteiger partial charge < -0.3 is 14.4 Å². The van der Waals surface area contributed by atoms with Crippen LogP contribution in [0, 0.1) is 11.8 Å². The average Bonchev–Trinajstić information content (AvgIpc) is 2.89. The predicted octanol–water partition coefficient (Wildman–Crippen LogP) is 7.50. The monoisotopic (exact) mass is 571 g/mol. The van der Waals surface area contributed by atoms with Gasteiger partial charge in [0.2, 0.25) is 5.88 Å². The van der Waals surface area contributed by atoms with Crippen LogP contribution in [-0.4, -0.2) is 55.2 Å². The number of ether oxygens (including phenoxy) is 2. The van der Waals surface area contributed by atoms with Crippen molar-refractivity contribution in [3.8, 4) is 11.6 Å². The molecule has 1 aliphatic rings. The lowest BCUT2D eigenvalue weighted by atomic mass is 9.96. The molecule has 1 atom stereocenters. The van der Waals surface area contributed by atoms with Crippen molar-refractivity contribution in [3.05, 3.63) is 58.6 Å². The maximum Gasteiger partial charge on any atom is 0.312 e. The number of carbonyl (C=O) groups is 1. The van der Waals surface area contributed by atoms with Crippen molar-refractivity contribution in [2.75, 3.05) is 44.2 Å². The zero-order chi connectivity index (χ0) is 27.8. The van der Waals surface area contributed by atoms with Crippen molar-refractivity contribution in [2.45, 2.75) is 46.5 Å².